The predicted molar refractivity (Wildman–Crippen MR) is 83.0 cm³/mol. The highest BCUT2D eigenvalue weighted by atomic mass is 14.4. The van der Waals surface area contributed by atoms with Crippen molar-refractivity contribution < 1.29 is 0 Å². The van der Waals surface area contributed by atoms with Crippen LogP contribution in [0.25, 0.3) is 0 Å². The van der Waals surface area contributed by atoms with Crippen LogP contribution in [0.1, 0.15) is 58.3 Å². The SMILES string of the molecule is CC(=C1CCC1)C1CCCC1CC1=CC=CC=CC1. The van der Waals surface area contributed by atoms with Gasteiger partial charge in [0.05, 0.1) is 0 Å². The fourth-order valence-corrected chi connectivity index (χ4v) is 3.97. The molecule has 0 nitrogen and oxygen atoms in total. The number of hydrogen-bond acceptors (Lipinski definition) is 0. The minimum absolute atomic E-state index is 0.896. The molecular formula is C19H26. The van der Waals surface area contributed by atoms with E-state index in [1.807, 2.05) is 0 Å². The molecule has 0 radical (unpaired) electrons. The van der Waals surface area contributed by atoms with Crippen molar-refractivity contribution >= 4 is 0 Å². The van der Waals surface area contributed by atoms with E-state index in [0.29, 0.717) is 0 Å². The van der Waals surface area contributed by atoms with E-state index < -0.39 is 0 Å². The first-order valence-electron chi connectivity index (χ1n) is 8.04. The summed E-state index contributed by atoms with van der Waals surface area (Å²) in [4.78, 5) is 0. The Morgan fingerprint density at radius 2 is 2.00 bits per heavy atom. The predicted octanol–water partition coefficient (Wildman–Crippen LogP) is 5.74. The molecule has 0 heteroatoms. The summed E-state index contributed by atoms with van der Waals surface area (Å²) in [5.74, 6) is 1.81. The van der Waals surface area contributed by atoms with Gasteiger partial charge in [-0.15, -0.1) is 0 Å². The van der Waals surface area contributed by atoms with Crippen LogP contribution in [0.15, 0.2) is 47.1 Å². The Kier molecular flexibility index (Phi) is 4.06. The Morgan fingerprint density at radius 1 is 1.11 bits per heavy atom. The molecule has 2 atom stereocenters. The Labute approximate surface area is 118 Å². The van der Waals surface area contributed by atoms with E-state index in [4.69, 9.17) is 0 Å². The molecule has 0 saturated heterocycles. The van der Waals surface area contributed by atoms with Crippen molar-refractivity contribution in [2.24, 2.45) is 11.8 Å². The topological polar surface area (TPSA) is 0 Å². The zero-order valence-electron chi connectivity index (χ0n) is 12.2. The third-order valence-corrected chi connectivity index (χ3v) is 5.32. The van der Waals surface area contributed by atoms with Gasteiger partial charge in [-0.05, 0) is 63.7 Å². The molecule has 3 aliphatic carbocycles. The largest absolute Gasteiger partial charge is 0.0805 e. The molecule has 0 aromatic heterocycles. The van der Waals surface area contributed by atoms with Gasteiger partial charge in [-0.2, -0.15) is 0 Å². The monoisotopic (exact) mass is 254 g/mol. The van der Waals surface area contributed by atoms with Crippen molar-refractivity contribution in [2.75, 3.05) is 0 Å². The molecule has 2 unspecified atom stereocenters. The third-order valence-electron chi connectivity index (χ3n) is 5.32. The summed E-state index contributed by atoms with van der Waals surface area (Å²) in [6.07, 6.45) is 22.2. The van der Waals surface area contributed by atoms with Crippen molar-refractivity contribution in [3.63, 3.8) is 0 Å². The summed E-state index contributed by atoms with van der Waals surface area (Å²) in [6.45, 7) is 2.43. The lowest BCUT2D eigenvalue weighted by molar-refractivity contribution is 0.423. The van der Waals surface area contributed by atoms with Gasteiger partial charge >= 0.3 is 0 Å². The highest BCUT2D eigenvalue weighted by molar-refractivity contribution is 5.26. The Hall–Kier alpha value is -1.04. The molecule has 0 amide bonds. The molecule has 0 N–H and O–H groups in total. The standard InChI is InChI=1S/C19H26/c1-15(17-10-6-11-17)19-13-7-12-18(19)14-16-8-4-2-3-5-9-16/h2-5,8,18-19H,6-7,9-14H2,1H3. The summed E-state index contributed by atoms with van der Waals surface area (Å²) in [7, 11) is 0. The molecule has 19 heavy (non-hydrogen) atoms. The van der Waals surface area contributed by atoms with E-state index in [2.05, 4.69) is 37.3 Å². The lowest BCUT2D eigenvalue weighted by Gasteiger charge is -2.28. The van der Waals surface area contributed by atoms with E-state index >= 15 is 0 Å². The van der Waals surface area contributed by atoms with Gasteiger partial charge in [-0.1, -0.05) is 53.5 Å². The molecule has 3 aliphatic rings. The first kappa shape index (κ1) is 13.0. The second-order valence-electron chi connectivity index (χ2n) is 6.48. The van der Waals surface area contributed by atoms with Crippen molar-refractivity contribution in [1.29, 1.82) is 0 Å². The fourth-order valence-electron chi connectivity index (χ4n) is 3.97. The molecule has 102 valence electrons. The van der Waals surface area contributed by atoms with E-state index in [-0.39, 0.29) is 0 Å². The summed E-state index contributed by atoms with van der Waals surface area (Å²) >= 11 is 0. The zero-order valence-corrected chi connectivity index (χ0v) is 12.2. The molecular weight excluding hydrogens is 228 g/mol. The molecule has 2 fully saturated rings. The van der Waals surface area contributed by atoms with Crippen LogP contribution in [0.3, 0.4) is 0 Å². The highest BCUT2D eigenvalue weighted by Crippen LogP contribution is 2.44. The summed E-state index contributed by atoms with van der Waals surface area (Å²) in [5, 5.41) is 0. The maximum atomic E-state index is 2.43. The van der Waals surface area contributed by atoms with Crippen molar-refractivity contribution in [2.45, 2.75) is 58.3 Å². The van der Waals surface area contributed by atoms with Gasteiger partial charge in [0.25, 0.3) is 0 Å². The number of hydrogen-bond donors (Lipinski definition) is 0. The summed E-state index contributed by atoms with van der Waals surface area (Å²) < 4.78 is 0. The maximum absolute atomic E-state index is 2.43. The molecule has 0 aromatic rings. The van der Waals surface area contributed by atoms with Gasteiger partial charge in [0.1, 0.15) is 0 Å². The van der Waals surface area contributed by atoms with Crippen LogP contribution in [-0.2, 0) is 0 Å². The van der Waals surface area contributed by atoms with Gasteiger partial charge in [0.2, 0.25) is 0 Å². The normalized spacial score (nSPS) is 29.9. The minimum atomic E-state index is 0.896. The first-order valence-corrected chi connectivity index (χ1v) is 8.04. The van der Waals surface area contributed by atoms with Crippen LogP contribution < -0.4 is 0 Å². The Morgan fingerprint density at radius 3 is 2.79 bits per heavy atom. The smallest absolute Gasteiger partial charge is 0.0132 e. The molecule has 3 rings (SSSR count). The maximum Gasteiger partial charge on any atom is -0.0132 e. The van der Waals surface area contributed by atoms with Crippen molar-refractivity contribution in [1.82, 2.24) is 0 Å². The highest BCUT2D eigenvalue weighted by Gasteiger charge is 2.30. The minimum Gasteiger partial charge on any atom is -0.0805 e. The van der Waals surface area contributed by atoms with Crippen LogP contribution in [0, 0.1) is 11.8 Å². The van der Waals surface area contributed by atoms with Crippen LogP contribution >= 0.6 is 0 Å². The average molecular weight is 254 g/mol. The summed E-state index contributed by atoms with van der Waals surface area (Å²) in [5.41, 5.74) is 5.20. The third kappa shape index (κ3) is 2.94. The molecule has 0 spiro atoms. The van der Waals surface area contributed by atoms with Crippen LogP contribution in [0.5, 0.6) is 0 Å². The second-order valence-corrected chi connectivity index (χ2v) is 6.48. The number of rotatable bonds is 3. The second kappa shape index (κ2) is 5.94. The number of allylic oxidation sites excluding steroid dienone is 8. The van der Waals surface area contributed by atoms with E-state index in [9.17, 15) is 0 Å². The van der Waals surface area contributed by atoms with E-state index in [1.165, 1.54) is 44.9 Å². The molecule has 0 aliphatic heterocycles. The van der Waals surface area contributed by atoms with Crippen LogP contribution in [0.4, 0.5) is 0 Å². The quantitative estimate of drug-likeness (QED) is 0.564. The van der Waals surface area contributed by atoms with Crippen molar-refractivity contribution in [3.8, 4) is 0 Å². The zero-order chi connectivity index (χ0) is 13.1. The van der Waals surface area contributed by atoms with Crippen LogP contribution in [-0.4, -0.2) is 0 Å². The molecule has 2 saturated carbocycles. The van der Waals surface area contributed by atoms with Crippen molar-refractivity contribution in [3.05, 3.63) is 47.1 Å². The van der Waals surface area contributed by atoms with Gasteiger partial charge in [0, 0.05) is 0 Å². The lowest BCUT2D eigenvalue weighted by atomic mass is 9.78. The summed E-state index contributed by atoms with van der Waals surface area (Å²) in [6, 6.07) is 0. The van der Waals surface area contributed by atoms with Gasteiger partial charge in [-0.25, -0.2) is 0 Å². The first-order chi connectivity index (χ1) is 9.34. The Balaban J connectivity index is 1.68. The van der Waals surface area contributed by atoms with E-state index in [0.717, 1.165) is 18.3 Å². The van der Waals surface area contributed by atoms with Crippen LogP contribution in [0.2, 0.25) is 0 Å². The van der Waals surface area contributed by atoms with E-state index in [1.54, 1.807) is 16.7 Å². The Bertz CT molecular complexity index is 439. The molecule has 0 bridgehead atoms. The van der Waals surface area contributed by atoms with Gasteiger partial charge < -0.3 is 0 Å². The van der Waals surface area contributed by atoms with Gasteiger partial charge in [0.15, 0.2) is 0 Å². The average Bonchev–Trinajstić information content (AvgIpc) is 2.63. The van der Waals surface area contributed by atoms with Gasteiger partial charge in [-0.3, -0.25) is 0 Å². The lowest BCUT2D eigenvalue weighted by Crippen LogP contribution is -2.14. The fraction of sp³-hybridized carbons (Fsp3) is 0.579. The molecule has 0 heterocycles. The molecule has 0 aromatic carbocycles.